The molecule has 0 spiro atoms. The van der Waals surface area contributed by atoms with Crippen molar-refractivity contribution in [3.05, 3.63) is 82.8 Å². The standard InChI is InChI=1S/C18H15N7O3/c1-28-15-9-11-20-18(16(15)25(26)27)24-23-17(13-6-5-10-19-12-13)22-21-14-7-3-2-4-8-14/h2-12,21H,1H3. The van der Waals surface area contributed by atoms with Crippen LogP contribution in [0.5, 0.6) is 5.75 Å². The van der Waals surface area contributed by atoms with Crippen LogP contribution in [0.4, 0.5) is 17.2 Å². The molecule has 28 heavy (non-hydrogen) atoms. The third kappa shape index (κ3) is 4.49. The average Bonchev–Trinajstić information content (AvgIpc) is 2.74. The fourth-order valence-electron chi connectivity index (χ4n) is 2.20. The van der Waals surface area contributed by atoms with Gasteiger partial charge in [0, 0.05) is 30.2 Å². The van der Waals surface area contributed by atoms with Crippen LogP contribution >= 0.6 is 0 Å². The van der Waals surface area contributed by atoms with Crippen molar-refractivity contribution in [1.29, 1.82) is 0 Å². The molecule has 3 aromatic rings. The minimum absolute atomic E-state index is 0.0382. The predicted molar refractivity (Wildman–Crippen MR) is 103 cm³/mol. The third-order valence-corrected chi connectivity index (χ3v) is 3.49. The number of hydrogen-bond donors (Lipinski definition) is 1. The number of nitro groups is 1. The van der Waals surface area contributed by atoms with Crippen molar-refractivity contribution in [3.63, 3.8) is 0 Å². The van der Waals surface area contributed by atoms with Crippen LogP contribution in [-0.4, -0.2) is 27.8 Å². The molecule has 0 aliphatic rings. The Labute approximate surface area is 159 Å². The van der Waals surface area contributed by atoms with Crippen LogP contribution in [0.1, 0.15) is 5.56 Å². The van der Waals surface area contributed by atoms with Gasteiger partial charge in [-0.05, 0) is 24.3 Å². The van der Waals surface area contributed by atoms with Gasteiger partial charge in [0.2, 0.25) is 11.6 Å². The van der Waals surface area contributed by atoms with Gasteiger partial charge >= 0.3 is 5.69 Å². The van der Waals surface area contributed by atoms with E-state index in [-0.39, 0.29) is 23.1 Å². The Morgan fingerprint density at radius 3 is 2.64 bits per heavy atom. The van der Waals surface area contributed by atoms with Gasteiger partial charge in [-0.2, -0.15) is 5.10 Å². The molecule has 0 atom stereocenters. The first kappa shape index (κ1) is 18.6. The Morgan fingerprint density at radius 2 is 1.96 bits per heavy atom. The number of rotatable bonds is 6. The minimum atomic E-state index is -0.622. The molecule has 3 rings (SSSR count). The maximum Gasteiger partial charge on any atom is 0.356 e. The van der Waals surface area contributed by atoms with Crippen molar-refractivity contribution in [1.82, 2.24) is 9.97 Å². The van der Waals surface area contributed by atoms with Crippen molar-refractivity contribution in [3.8, 4) is 5.75 Å². The normalized spacial score (nSPS) is 11.4. The number of nitrogens with zero attached hydrogens (tertiary/aromatic N) is 6. The number of hydrogen-bond acceptors (Lipinski definition) is 8. The maximum absolute atomic E-state index is 11.4. The Morgan fingerprint density at radius 1 is 1.14 bits per heavy atom. The summed E-state index contributed by atoms with van der Waals surface area (Å²) in [6.07, 6.45) is 4.51. The van der Waals surface area contributed by atoms with E-state index in [0.29, 0.717) is 5.56 Å². The molecule has 0 amide bonds. The van der Waals surface area contributed by atoms with E-state index >= 15 is 0 Å². The number of nitrogens with one attached hydrogen (secondary N) is 1. The van der Waals surface area contributed by atoms with Gasteiger partial charge in [0.05, 0.1) is 17.7 Å². The van der Waals surface area contributed by atoms with Crippen LogP contribution in [0, 0.1) is 10.1 Å². The summed E-state index contributed by atoms with van der Waals surface area (Å²) in [4.78, 5) is 18.7. The van der Waals surface area contributed by atoms with Gasteiger partial charge in [-0.3, -0.25) is 20.5 Å². The lowest BCUT2D eigenvalue weighted by Gasteiger charge is -2.04. The zero-order valence-electron chi connectivity index (χ0n) is 14.8. The number of methoxy groups -OCH3 is 1. The number of anilines is 1. The SMILES string of the molecule is COc1ccnc(N=NC(=NNc2ccccc2)c2cccnc2)c1[N+](=O)[O-]. The van der Waals surface area contributed by atoms with Crippen molar-refractivity contribution >= 4 is 23.0 Å². The summed E-state index contributed by atoms with van der Waals surface area (Å²) in [5.74, 6) is 0.0211. The molecule has 0 radical (unpaired) electrons. The summed E-state index contributed by atoms with van der Waals surface area (Å²) < 4.78 is 5.01. The zero-order valence-corrected chi connectivity index (χ0v) is 14.8. The average molecular weight is 377 g/mol. The molecule has 0 saturated heterocycles. The van der Waals surface area contributed by atoms with E-state index in [2.05, 4.69) is 30.7 Å². The van der Waals surface area contributed by atoms with Crippen LogP contribution in [-0.2, 0) is 0 Å². The van der Waals surface area contributed by atoms with E-state index in [9.17, 15) is 10.1 Å². The lowest BCUT2D eigenvalue weighted by molar-refractivity contribution is -0.385. The highest BCUT2D eigenvalue weighted by Gasteiger charge is 2.22. The maximum atomic E-state index is 11.4. The Balaban J connectivity index is 1.97. The number of amidine groups is 1. The summed E-state index contributed by atoms with van der Waals surface area (Å²) in [6, 6.07) is 14.1. The van der Waals surface area contributed by atoms with Crippen molar-refractivity contribution < 1.29 is 9.66 Å². The molecule has 10 heteroatoms. The number of ether oxygens (including phenoxy) is 1. The highest BCUT2D eigenvalue weighted by Crippen LogP contribution is 2.34. The molecule has 2 heterocycles. The van der Waals surface area contributed by atoms with Crippen molar-refractivity contribution in [2.24, 2.45) is 15.3 Å². The largest absolute Gasteiger partial charge is 0.490 e. The first-order chi connectivity index (χ1) is 13.7. The molecule has 1 N–H and O–H groups in total. The molecular formula is C18H15N7O3. The lowest BCUT2D eigenvalue weighted by Crippen LogP contribution is -2.02. The minimum Gasteiger partial charge on any atom is -0.490 e. The summed E-state index contributed by atoms with van der Waals surface area (Å²) in [7, 11) is 1.33. The fraction of sp³-hybridized carbons (Fsp3) is 0.0556. The lowest BCUT2D eigenvalue weighted by atomic mass is 10.3. The van der Waals surface area contributed by atoms with Crippen LogP contribution in [0.25, 0.3) is 0 Å². The molecule has 10 nitrogen and oxygen atoms in total. The number of benzene rings is 1. The van der Waals surface area contributed by atoms with E-state index < -0.39 is 4.92 Å². The second-order valence-corrected chi connectivity index (χ2v) is 5.30. The fourth-order valence-corrected chi connectivity index (χ4v) is 2.20. The van der Waals surface area contributed by atoms with Gasteiger partial charge in [-0.1, -0.05) is 18.2 Å². The van der Waals surface area contributed by atoms with Crippen molar-refractivity contribution in [2.45, 2.75) is 0 Å². The van der Waals surface area contributed by atoms with Gasteiger partial charge in [-0.25, -0.2) is 4.98 Å². The van der Waals surface area contributed by atoms with Crippen LogP contribution in [0.15, 0.2) is 82.5 Å². The number of hydrazone groups is 1. The molecule has 0 unspecified atom stereocenters. The third-order valence-electron chi connectivity index (χ3n) is 3.49. The Kier molecular flexibility index (Phi) is 5.93. The first-order valence-electron chi connectivity index (χ1n) is 8.07. The van der Waals surface area contributed by atoms with Crippen molar-refractivity contribution in [2.75, 3.05) is 12.5 Å². The van der Waals surface area contributed by atoms with Gasteiger partial charge in [0.25, 0.3) is 5.82 Å². The van der Waals surface area contributed by atoms with Gasteiger partial charge in [0.15, 0.2) is 0 Å². The molecule has 2 aromatic heterocycles. The first-order valence-corrected chi connectivity index (χ1v) is 8.07. The number of azo groups is 1. The predicted octanol–water partition coefficient (Wildman–Crippen LogP) is 3.95. The quantitative estimate of drug-likeness (QED) is 0.228. The molecule has 0 bridgehead atoms. The molecule has 0 aliphatic heterocycles. The van der Waals surface area contributed by atoms with Gasteiger partial charge in [0.1, 0.15) is 0 Å². The van der Waals surface area contributed by atoms with Gasteiger partial charge < -0.3 is 4.74 Å². The Bertz CT molecular complexity index is 1010. The Hall–Kier alpha value is -4.21. The molecule has 0 saturated carbocycles. The van der Waals surface area contributed by atoms with Crippen LogP contribution in [0.2, 0.25) is 0 Å². The van der Waals surface area contributed by atoms with E-state index in [4.69, 9.17) is 4.74 Å². The highest BCUT2D eigenvalue weighted by molar-refractivity contribution is 5.99. The monoisotopic (exact) mass is 377 g/mol. The zero-order chi connectivity index (χ0) is 19.8. The summed E-state index contributed by atoms with van der Waals surface area (Å²) >= 11 is 0. The van der Waals surface area contributed by atoms with E-state index in [1.165, 1.54) is 19.4 Å². The summed E-state index contributed by atoms with van der Waals surface area (Å²) in [5.41, 5.74) is 3.80. The van der Waals surface area contributed by atoms with E-state index in [1.807, 2.05) is 30.3 Å². The second-order valence-electron chi connectivity index (χ2n) is 5.30. The highest BCUT2D eigenvalue weighted by atomic mass is 16.6. The number of aromatic nitrogens is 2. The molecule has 0 aliphatic carbocycles. The smallest absolute Gasteiger partial charge is 0.356 e. The molecule has 1 aromatic carbocycles. The number of pyridine rings is 2. The van der Waals surface area contributed by atoms with Gasteiger partial charge in [-0.15, -0.1) is 10.2 Å². The second kappa shape index (κ2) is 8.94. The summed E-state index contributed by atoms with van der Waals surface area (Å²) in [5, 5.41) is 23.6. The molecular weight excluding hydrogens is 362 g/mol. The van der Waals surface area contributed by atoms with Crippen LogP contribution < -0.4 is 10.2 Å². The summed E-state index contributed by atoms with van der Waals surface area (Å²) in [6.45, 7) is 0. The van der Waals surface area contributed by atoms with E-state index in [0.717, 1.165) is 5.69 Å². The number of para-hydroxylation sites is 1. The van der Waals surface area contributed by atoms with Crippen LogP contribution in [0.3, 0.4) is 0 Å². The van der Waals surface area contributed by atoms with E-state index in [1.54, 1.807) is 24.5 Å². The molecule has 140 valence electrons. The molecule has 0 fully saturated rings. The topological polar surface area (TPSA) is 127 Å².